The van der Waals surface area contributed by atoms with Gasteiger partial charge in [0.2, 0.25) is 17.1 Å². The molecule has 0 saturated heterocycles. The molecule has 240 valence electrons. The summed E-state index contributed by atoms with van der Waals surface area (Å²) in [4.78, 5) is 5.15. The van der Waals surface area contributed by atoms with Crippen molar-refractivity contribution in [3.63, 3.8) is 0 Å². The van der Waals surface area contributed by atoms with Crippen LogP contribution in [0.1, 0.15) is 72.4 Å². The Labute approximate surface area is 288 Å². The third-order valence-electron chi connectivity index (χ3n) is 11.1. The summed E-state index contributed by atoms with van der Waals surface area (Å²) in [6.07, 6.45) is 7.30. The monoisotopic (exact) mass is 639 g/mol. The minimum atomic E-state index is 0.292. The van der Waals surface area contributed by atoms with Crippen LogP contribution in [0, 0.1) is 13.8 Å². The first-order valence-electron chi connectivity index (χ1n) is 17.6. The second kappa shape index (κ2) is 11.4. The molecular weight excluding hydrogens is 599 g/mol. The molecule has 7 aromatic rings. The molecule has 2 aliphatic heterocycles. The van der Waals surface area contributed by atoms with Crippen LogP contribution in [-0.4, -0.2) is 4.98 Å². The van der Waals surface area contributed by atoms with Gasteiger partial charge in [0.1, 0.15) is 0 Å². The summed E-state index contributed by atoms with van der Waals surface area (Å²) in [6, 6.07) is 35.8. The topological polar surface area (TPSA) is 33.8 Å². The molecular formula is C45H41N3O+2. The maximum absolute atomic E-state index is 6.90. The van der Waals surface area contributed by atoms with E-state index in [1.165, 1.54) is 44.6 Å². The van der Waals surface area contributed by atoms with Crippen LogP contribution >= 0.6 is 0 Å². The van der Waals surface area contributed by atoms with Gasteiger partial charge >= 0.3 is 0 Å². The molecule has 4 heteroatoms. The van der Waals surface area contributed by atoms with Crippen LogP contribution in [0.4, 0.5) is 0 Å². The number of pyridine rings is 3. The SMILES string of the molecule is C=C1CC2c3ccccc3-c3cccc[n+]3C2CCc2ccc3c(oc4nc(-c5c(C)cccc5C)ccc43)c2-c2cc(C(C)C)cc[n+]21. The molecule has 0 spiro atoms. The summed E-state index contributed by atoms with van der Waals surface area (Å²) in [5.41, 5.74) is 16.1. The molecule has 2 atom stereocenters. The minimum absolute atomic E-state index is 0.292. The second-order valence-corrected chi connectivity index (χ2v) is 14.3. The fourth-order valence-corrected chi connectivity index (χ4v) is 8.62. The Kier molecular flexibility index (Phi) is 6.91. The van der Waals surface area contributed by atoms with E-state index in [-0.39, 0.29) is 0 Å². The Morgan fingerprint density at radius 2 is 1.59 bits per heavy atom. The molecule has 0 radical (unpaired) electrons. The van der Waals surface area contributed by atoms with Crippen LogP contribution in [0.5, 0.6) is 0 Å². The smallest absolute Gasteiger partial charge is 0.227 e. The van der Waals surface area contributed by atoms with Crippen LogP contribution < -0.4 is 9.13 Å². The first-order chi connectivity index (χ1) is 23.9. The van der Waals surface area contributed by atoms with Crippen molar-refractivity contribution in [2.45, 2.75) is 64.8 Å². The van der Waals surface area contributed by atoms with Crippen LogP contribution in [0.15, 0.2) is 120 Å². The number of allylic oxidation sites excluding steroid dienone is 1. The summed E-state index contributed by atoms with van der Waals surface area (Å²) in [6.45, 7) is 13.6. The molecule has 0 aliphatic carbocycles. The van der Waals surface area contributed by atoms with Gasteiger partial charge in [-0.1, -0.05) is 62.4 Å². The van der Waals surface area contributed by atoms with Crippen LogP contribution in [0.2, 0.25) is 0 Å². The van der Waals surface area contributed by atoms with Crippen molar-refractivity contribution in [3.05, 3.63) is 144 Å². The van der Waals surface area contributed by atoms with E-state index in [4.69, 9.17) is 16.0 Å². The number of benzene rings is 3. The zero-order valence-corrected chi connectivity index (χ0v) is 28.7. The van der Waals surface area contributed by atoms with E-state index >= 15 is 0 Å². The highest BCUT2D eigenvalue weighted by atomic mass is 16.3. The summed E-state index contributed by atoms with van der Waals surface area (Å²) < 4.78 is 11.8. The Morgan fingerprint density at radius 3 is 2.43 bits per heavy atom. The number of nitrogens with zero attached hydrogens (tertiary/aromatic N) is 3. The largest absolute Gasteiger partial charge is 0.437 e. The number of hydrogen-bond acceptors (Lipinski definition) is 2. The van der Waals surface area contributed by atoms with E-state index in [0.29, 0.717) is 23.6 Å². The average molecular weight is 640 g/mol. The van der Waals surface area contributed by atoms with Gasteiger partial charge in [0, 0.05) is 59.0 Å². The van der Waals surface area contributed by atoms with Crippen LogP contribution in [0.25, 0.3) is 61.5 Å². The molecule has 2 unspecified atom stereocenters. The van der Waals surface area contributed by atoms with E-state index in [0.717, 1.165) is 58.3 Å². The van der Waals surface area contributed by atoms with Gasteiger partial charge in [0.05, 0.1) is 17.2 Å². The normalized spacial score (nSPS) is 17.0. The van der Waals surface area contributed by atoms with Crippen molar-refractivity contribution in [2.75, 3.05) is 0 Å². The lowest BCUT2D eigenvalue weighted by atomic mass is 9.77. The molecule has 4 nitrogen and oxygen atoms in total. The Hall–Kier alpha value is -5.35. The first-order valence-corrected chi connectivity index (χ1v) is 17.6. The van der Waals surface area contributed by atoms with E-state index in [1.807, 2.05) is 0 Å². The van der Waals surface area contributed by atoms with Crippen molar-refractivity contribution in [3.8, 4) is 33.8 Å². The van der Waals surface area contributed by atoms with E-state index in [9.17, 15) is 0 Å². The molecule has 0 saturated carbocycles. The Bertz CT molecular complexity index is 2450. The Morgan fingerprint density at radius 1 is 0.796 bits per heavy atom. The van der Waals surface area contributed by atoms with Crippen molar-refractivity contribution >= 4 is 27.8 Å². The minimum Gasteiger partial charge on any atom is -0.437 e. The highest BCUT2D eigenvalue weighted by molar-refractivity contribution is 6.09. The van der Waals surface area contributed by atoms with Crippen molar-refractivity contribution < 1.29 is 13.6 Å². The number of rotatable bonds is 2. The lowest BCUT2D eigenvalue weighted by Gasteiger charge is -2.31. The third kappa shape index (κ3) is 4.68. The highest BCUT2D eigenvalue weighted by Gasteiger charge is 2.42. The van der Waals surface area contributed by atoms with Crippen molar-refractivity contribution in [1.29, 1.82) is 0 Å². The molecule has 9 rings (SSSR count). The third-order valence-corrected chi connectivity index (χ3v) is 11.1. The number of fused-ring (bicyclic) bond motifs is 13. The predicted octanol–water partition coefficient (Wildman–Crippen LogP) is 10.4. The molecule has 6 heterocycles. The van der Waals surface area contributed by atoms with Crippen molar-refractivity contribution in [1.82, 2.24) is 4.98 Å². The van der Waals surface area contributed by atoms with Gasteiger partial charge in [-0.25, -0.2) is 4.98 Å². The van der Waals surface area contributed by atoms with Gasteiger partial charge in [0.25, 0.3) is 0 Å². The molecule has 0 N–H and O–H groups in total. The molecule has 0 fully saturated rings. The number of aryl methyl sites for hydroxylation is 3. The van der Waals surface area contributed by atoms with Gasteiger partial charge < -0.3 is 4.42 Å². The summed E-state index contributed by atoms with van der Waals surface area (Å²) in [5.74, 6) is 0.690. The zero-order valence-electron chi connectivity index (χ0n) is 28.7. The Balaban J connectivity index is 1.28. The summed E-state index contributed by atoms with van der Waals surface area (Å²) in [5, 5.41) is 2.14. The molecule has 0 amide bonds. The predicted molar refractivity (Wildman–Crippen MR) is 198 cm³/mol. The number of furan rings is 1. The maximum atomic E-state index is 6.90. The average Bonchev–Trinajstić information content (AvgIpc) is 3.48. The van der Waals surface area contributed by atoms with Gasteiger partial charge in [-0.2, -0.15) is 9.13 Å². The molecule has 3 aromatic carbocycles. The first kappa shape index (κ1) is 29.8. The molecule has 2 aliphatic rings. The zero-order chi connectivity index (χ0) is 33.4. The van der Waals surface area contributed by atoms with Gasteiger partial charge in [0.15, 0.2) is 29.7 Å². The van der Waals surface area contributed by atoms with Gasteiger partial charge in [-0.3, -0.25) is 0 Å². The highest BCUT2D eigenvalue weighted by Crippen LogP contribution is 2.45. The van der Waals surface area contributed by atoms with Crippen molar-refractivity contribution in [2.24, 2.45) is 0 Å². The quantitative estimate of drug-likeness (QED) is 0.176. The summed E-state index contributed by atoms with van der Waals surface area (Å²) in [7, 11) is 0. The fourth-order valence-electron chi connectivity index (χ4n) is 8.62. The molecule has 4 aromatic heterocycles. The maximum Gasteiger partial charge on any atom is 0.227 e. The lowest BCUT2D eigenvalue weighted by molar-refractivity contribution is -0.719. The second-order valence-electron chi connectivity index (χ2n) is 14.3. The molecule has 0 bridgehead atoms. The summed E-state index contributed by atoms with van der Waals surface area (Å²) >= 11 is 0. The van der Waals surface area contributed by atoms with Gasteiger partial charge in [-0.05, 0) is 84.8 Å². The van der Waals surface area contributed by atoms with E-state index < -0.39 is 0 Å². The fraction of sp³-hybridized carbons (Fsp3) is 0.222. The van der Waals surface area contributed by atoms with Crippen LogP contribution in [-0.2, 0) is 6.42 Å². The van der Waals surface area contributed by atoms with Gasteiger partial charge in [-0.15, -0.1) is 0 Å². The van der Waals surface area contributed by atoms with E-state index in [2.05, 4.69) is 146 Å². The standard InChI is InChI=1S/C45H41N3O/c1-27(2)32-22-24-47-30(5)25-37-33-13-6-7-14-34(33)39-15-8-9-23-48(39)40(37)21-17-31-16-18-35-36-19-20-38(42-28(3)11-10-12-29(42)4)46-45(36)49-44(35)43(31)41(47)26-32/h6-16,18-20,22-24,26-27,37,40H,5,17,21,25H2,1-4H3/q+2. The number of hydrogen-bond donors (Lipinski definition) is 0. The van der Waals surface area contributed by atoms with Crippen LogP contribution in [0.3, 0.4) is 0 Å². The molecule has 49 heavy (non-hydrogen) atoms. The number of aromatic nitrogens is 3. The lowest BCUT2D eigenvalue weighted by Crippen LogP contribution is -2.48. The van der Waals surface area contributed by atoms with E-state index in [1.54, 1.807) is 0 Å².